The Labute approximate surface area is 155 Å². The monoisotopic (exact) mass is 370 g/mol. The Hall–Kier alpha value is -2.99. The van der Waals surface area contributed by atoms with Crippen LogP contribution in [0.3, 0.4) is 0 Å². The maximum absolute atomic E-state index is 13.2. The van der Waals surface area contributed by atoms with Crippen LogP contribution >= 0.6 is 11.6 Å². The largest absolute Gasteiger partial charge is 0.348 e. The molecule has 1 unspecified atom stereocenters. The van der Waals surface area contributed by atoms with Gasteiger partial charge in [0.05, 0.1) is 16.6 Å². The molecule has 132 valence electrons. The second kappa shape index (κ2) is 7.93. The Bertz CT molecular complexity index is 903. The van der Waals surface area contributed by atoms with E-state index in [1.807, 2.05) is 37.3 Å². The van der Waals surface area contributed by atoms with Crippen LogP contribution in [-0.4, -0.2) is 15.9 Å². The predicted octanol–water partition coefficient (Wildman–Crippen LogP) is 4.69. The number of nitrogens with one attached hydrogen (secondary N) is 2. The number of carbonyl (C=O) groups excluding carboxylic acids is 1. The van der Waals surface area contributed by atoms with Crippen molar-refractivity contribution in [1.29, 1.82) is 0 Å². The quantitative estimate of drug-likeness (QED) is 0.683. The third-order valence-corrected chi connectivity index (χ3v) is 4.03. The lowest BCUT2D eigenvalue weighted by Crippen LogP contribution is -2.14. The van der Waals surface area contributed by atoms with Crippen LogP contribution < -0.4 is 10.6 Å². The standard InChI is InChI=1S/C19H16ClFN4O/c1-12(13-5-3-2-4-6-13)24-19-22-10-14(11-23-19)18(26)25-15-7-8-17(21)16(20)9-15/h2-12H,1H3,(H,25,26)(H,22,23,24). The Morgan fingerprint density at radius 2 is 1.81 bits per heavy atom. The van der Waals surface area contributed by atoms with Crippen molar-refractivity contribution in [2.45, 2.75) is 13.0 Å². The van der Waals surface area contributed by atoms with Crippen LogP contribution in [0.4, 0.5) is 16.0 Å². The molecular weight excluding hydrogens is 355 g/mol. The highest BCUT2D eigenvalue weighted by Gasteiger charge is 2.11. The zero-order chi connectivity index (χ0) is 18.5. The smallest absolute Gasteiger partial charge is 0.258 e. The number of rotatable bonds is 5. The molecule has 0 aliphatic heterocycles. The van der Waals surface area contributed by atoms with Crippen molar-refractivity contribution in [3.05, 3.63) is 82.9 Å². The molecule has 3 rings (SSSR count). The molecule has 1 atom stereocenters. The van der Waals surface area contributed by atoms with Crippen molar-refractivity contribution in [2.24, 2.45) is 0 Å². The molecule has 1 aromatic heterocycles. The SMILES string of the molecule is CC(Nc1ncc(C(=O)Nc2ccc(F)c(Cl)c2)cn1)c1ccccc1. The van der Waals surface area contributed by atoms with Gasteiger partial charge in [0.25, 0.3) is 5.91 Å². The van der Waals surface area contributed by atoms with Crippen molar-refractivity contribution < 1.29 is 9.18 Å². The maximum Gasteiger partial charge on any atom is 0.258 e. The van der Waals surface area contributed by atoms with Crippen molar-refractivity contribution in [3.8, 4) is 0 Å². The number of halogens is 2. The van der Waals surface area contributed by atoms with E-state index in [1.165, 1.54) is 30.6 Å². The molecule has 5 nitrogen and oxygen atoms in total. The molecule has 0 bridgehead atoms. The van der Waals surface area contributed by atoms with Gasteiger partial charge in [-0.15, -0.1) is 0 Å². The third kappa shape index (κ3) is 4.34. The fourth-order valence-corrected chi connectivity index (χ4v) is 2.50. The van der Waals surface area contributed by atoms with Crippen molar-refractivity contribution in [2.75, 3.05) is 10.6 Å². The molecule has 0 spiro atoms. The summed E-state index contributed by atoms with van der Waals surface area (Å²) in [7, 11) is 0. The first-order chi connectivity index (χ1) is 12.5. The highest BCUT2D eigenvalue weighted by atomic mass is 35.5. The van der Waals surface area contributed by atoms with Crippen molar-refractivity contribution in [3.63, 3.8) is 0 Å². The van der Waals surface area contributed by atoms with Gasteiger partial charge in [-0.05, 0) is 30.7 Å². The molecule has 0 saturated carbocycles. The lowest BCUT2D eigenvalue weighted by Gasteiger charge is -2.14. The minimum absolute atomic E-state index is 0.0252. The van der Waals surface area contributed by atoms with Crippen molar-refractivity contribution >= 4 is 29.1 Å². The Morgan fingerprint density at radius 1 is 1.12 bits per heavy atom. The third-order valence-electron chi connectivity index (χ3n) is 3.74. The molecule has 0 radical (unpaired) electrons. The predicted molar refractivity (Wildman–Crippen MR) is 99.9 cm³/mol. The van der Waals surface area contributed by atoms with E-state index >= 15 is 0 Å². The summed E-state index contributed by atoms with van der Waals surface area (Å²) in [4.78, 5) is 20.6. The van der Waals surface area contributed by atoms with E-state index in [2.05, 4.69) is 20.6 Å². The fraction of sp³-hybridized carbons (Fsp3) is 0.105. The molecule has 0 saturated heterocycles. The van der Waals surface area contributed by atoms with Crippen LogP contribution in [0.15, 0.2) is 60.9 Å². The summed E-state index contributed by atoms with van der Waals surface area (Å²) in [6.45, 7) is 2.00. The molecule has 2 aromatic carbocycles. The number of hydrogen-bond acceptors (Lipinski definition) is 4. The van der Waals surface area contributed by atoms with E-state index < -0.39 is 11.7 Å². The summed E-state index contributed by atoms with van der Waals surface area (Å²) in [6, 6.07) is 13.9. The Balaban J connectivity index is 1.65. The molecule has 0 aliphatic rings. The van der Waals surface area contributed by atoms with Gasteiger partial charge in [0.2, 0.25) is 5.95 Å². The number of aromatic nitrogens is 2. The minimum Gasteiger partial charge on any atom is -0.348 e. The normalized spacial score (nSPS) is 11.7. The van der Waals surface area contributed by atoms with E-state index in [-0.39, 0.29) is 16.6 Å². The van der Waals surface area contributed by atoms with Crippen LogP contribution in [0.5, 0.6) is 0 Å². The summed E-state index contributed by atoms with van der Waals surface area (Å²) >= 11 is 5.70. The zero-order valence-electron chi connectivity index (χ0n) is 13.9. The Kier molecular flexibility index (Phi) is 5.43. The lowest BCUT2D eigenvalue weighted by molar-refractivity contribution is 0.102. The van der Waals surface area contributed by atoms with Gasteiger partial charge in [-0.1, -0.05) is 41.9 Å². The molecule has 0 aliphatic carbocycles. The van der Waals surface area contributed by atoms with Crippen LogP contribution in [0.1, 0.15) is 28.9 Å². The highest BCUT2D eigenvalue weighted by Crippen LogP contribution is 2.20. The number of anilines is 2. The second-order valence-corrected chi connectivity index (χ2v) is 6.06. The topological polar surface area (TPSA) is 66.9 Å². The van der Waals surface area contributed by atoms with Gasteiger partial charge in [0, 0.05) is 18.1 Å². The molecule has 7 heteroatoms. The van der Waals surface area contributed by atoms with E-state index in [9.17, 15) is 9.18 Å². The van der Waals surface area contributed by atoms with Gasteiger partial charge >= 0.3 is 0 Å². The number of carbonyl (C=O) groups is 1. The van der Waals surface area contributed by atoms with Crippen molar-refractivity contribution in [1.82, 2.24) is 9.97 Å². The summed E-state index contributed by atoms with van der Waals surface area (Å²) < 4.78 is 13.2. The number of benzene rings is 2. The first-order valence-electron chi connectivity index (χ1n) is 7.93. The van der Waals surface area contributed by atoms with E-state index in [0.29, 0.717) is 11.6 Å². The van der Waals surface area contributed by atoms with Crippen LogP contribution in [-0.2, 0) is 0 Å². The van der Waals surface area contributed by atoms with Crippen LogP contribution in [0.2, 0.25) is 5.02 Å². The van der Waals surface area contributed by atoms with Gasteiger partial charge in [-0.3, -0.25) is 4.79 Å². The van der Waals surface area contributed by atoms with E-state index in [1.54, 1.807) is 0 Å². The van der Waals surface area contributed by atoms with Crippen LogP contribution in [0, 0.1) is 5.82 Å². The second-order valence-electron chi connectivity index (χ2n) is 5.66. The summed E-state index contributed by atoms with van der Waals surface area (Å²) in [5.74, 6) is -0.533. The molecular formula is C19H16ClFN4O. The van der Waals surface area contributed by atoms with E-state index in [0.717, 1.165) is 5.56 Å². The lowest BCUT2D eigenvalue weighted by atomic mass is 10.1. The highest BCUT2D eigenvalue weighted by molar-refractivity contribution is 6.31. The van der Waals surface area contributed by atoms with Crippen LogP contribution in [0.25, 0.3) is 0 Å². The Morgan fingerprint density at radius 3 is 2.46 bits per heavy atom. The summed E-state index contributed by atoms with van der Waals surface area (Å²) in [6.07, 6.45) is 2.85. The van der Waals surface area contributed by atoms with Gasteiger partial charge in [0.15, 0.2) is 0 Å². The average molecular weight is 371 g/mol. The average Bonchev–Trinajstić information content (AvgIpc) is 2.66. The first kappa shape index (κ1) is 17.8. The molecule has 2 N–H and O–H groups in total. The minimum atomic E-state index is -0.545. The molecule has 26 heavy (non-hydrogen) atoms. The van der Waals surface area contributed by atoms with Gasteiger partial charge in [0.1, 0.15) is 5.82 Å². The van der Waals surface area contributed by atoms with Gasteiger partial charge < -0.3 is 10.6 Å². The molecule has 1 amide bonds. The molecule has 3 aromatic rings. The summed E-state index contributed by atoms with van der Waals surface area (Å²) in [5.41, 5.74) is 1.77. The van der Waals surface area contributed by atoms with Gasteiger partial charge in [-0.25, -0.2) is 14.4 Å². The zero-order valence-corrected chi connectivity index (χ0v) is 14.7. The maximum atomic E-state index is 13.2. The molecule has 0 fully saturated rings. The fourth-order valence-electron chi connectivity index (χ4n) is 2.32. The van der Waals surface area contributed by atoms with Gasteiger partial charge in [-0.2, -0.15) is 0 Å². The first-order valence-corrected chi connectivity index (χ1v) is 8.30. The number of hydrogen-bond donors (Lipinski definition) is 2. The number of nitrogens with zero attached hydrogens (tertiary/aromatic N) is 2. The van der Waals surface area contributed by atoms with E-state index in [4.69, 9.17) is 11.6 Å². The number of amides is 1. The molecule has 1 heterocycles. The summed E-state index contributed by atoms with van der Waals surface area (Å²) in [5, 5.41) is 5.73.